The van der Waals surface area contributed by atoms with Crippen LogP contribution in [0.25, 0.3) is 0 Å². The fraction of sp³-hybridized carbons (Fsp3) is 0.875. The van der Waals surface area contributed by atoms with Gasteiger partial charge in [-0.2, -0.15) is 0 Å². The Morgan fingerprint density at radius 1 is 0.900 bits per heavy atom. The molecule has 0 radical (unpaired) electrons. The van der Waals surface area contributed by atoms with Crippen LogP contribution in [0.5, 0.6) is 0 Å². The Morgan fingerprint density at radius 3 is 2.10 bits per heavy atom. The summed E-state index contributed by atoms with van der Waals surface area (Å²) in [6, 6.07) is 0. The van der Waals surface area contributed by atoms with Gasteiger partial charge in [0.2, 0.25) is 11.8 Å². The average Bonchev–Trinajstić information content (AvgIpc) is 2.46. The lowest BCUT2D eigenvalue weighted by molar-refractivity contribution is -0.145. The lowest BCUT2D eigenvalue weighted by atomic mass is 9.90. The maximum absolute atomic E-state index is 12.6. The predicted octanol–water partition coefficient (Wildman–Crippen LogP) is 2.28. The summed E-state index contributed by atoms with van der Waals surface area (Å²) in [7, 11) is 0. The molecule has 0 aromatic carbocycles. The lowest BCUT2D eigenvalue weighted by Gasteiger charge is -2.38. The van der Waals surface area contributed by atoms with E-state index < -0.39 is 0 Å². The highest BCUT2D eigenvalue weighted by molar-refractivity contribution is 5.84. The van der Waals surface area contributed by atoms with E-state index >= 15 is 0 Å². The van der Waals surface area contributed by atoms with Gasteiger partial charge in [-0.25, -0.2) is 0 Å². The second-order valence-electron chi connectivity index (χ2n) is 7.23. The molecule has 1 unspecified atom stereocenters. The van der Waals surface area contributed by atoms with Gasteiger partial charge >= 0.3 is 0 Å². The van der Waals surface area contributed by atoms with E-state index in [1.54, 1.807) is 0 Å². The van der Waals surface area contributed by atoms with Crippen LogP contribution in [0.1, 0.15) is 52.9 Å². The standard InChI is InChI=1S/C16H28N2O2/c1-16(2,3)15(20)18-11-7-8-13(12-18)14(19)17-9-5-4-6-10-17/h13H,4-12H2,1-3H3. The van der Waals surface area contributed by atoms with Crippen molar-refractivity contribution >= 4 is 11.8 Å². The molecule has 0 spiro atoms. The summed E-state index contributed by atoms with van der Waals surface area (Å²) in [6.45, 7) is 9.08. The van der Waals surface area contributed by atoms with Gasteiger partial charge in [0, 0.05) is 31.6 Å². The van der Waals surface area contributed by atoms with Crippen LogP contribution in [0, 0.1) is 11.3 Å². The van der Waals surface area contributed by atoms with E-state index in [2.05, 4.69) is 0 Å². The van der Waals surface area contributed by atoms with Gasteiger partial charge < -0.3 is 9.80 Å². The summed E-state index contributed by atoms with van der Waals surface area (Å²) in [5.41, 5.74) is -0.351. The smallest absolute Gasteiger partial charge is 0.227 e. The van der Waals surface area contributed by atoms with Gasteiger partial charge in [-0.3, -0.25) is 9.59 Å². The van der Waals surface area contributed by atoms with E-state index in [1.807, 2.05) is 30.6 Å². The van der Waals surface area contributed by atoms with E-state index in [9.17, 15) is 9.59 Å². The molecule has 2 fully saturated rings. The second-order valence-corrected chi connectivity index (χ2v) is 7.23. The van der Waals surface area contributed by atoms with E-state index in [0.29, 0.717) is 6.54 Å². The molecule has 0 N–H and O–H groups in total. The molecule has 2 heterocycles. The number of carbonyl (C=O) groups excluding carboxylic acids is 2. The first-order valence-corrected chi connectivity index (χ1v) is 7.98. The maximum Gasteiger partial charge on any atom is 0.227 e. The monoisotopic (exact) mass is 280 g/mol. The number of hydrogen-bond donors (Lipinski definition) is 0. The Balaban J connectivity index is 1.96. The quantitative estimate of drug-likeness (QED) is 0.739. The first kappa shape index (κ1) is 15.3. The van der Waals surface area contributed by atoms with Gasteiger partial charge in [-0.1, -0.05) is 20.8 Å². The molecule has 0 aliphatic carbocycles. The number of rotatable bonds is 1. The molecule has 20 heavy (non-hydrogen) atoms. The van der Waals surface area contributed by atoms with Crippen LogP contribution in [0.3, 0.4) is 0 Å². The van der Waals surface area contributed by atoms with Crippen LogP contribution in [0.15, 0.2) is 0 Å². The van der Waals surface area contributed by atoms with Crippen molar-refractivity contribution in [2.45, 2.75) is 52.9 Å². The molecule has 2 rings (SSSR count). The third-order valence-electron chi connectivity index (χ3n) is 4.37. The molecule has 4 nitrogen and oxygen atoms in total. The molecule has 2 saturated heterocycles. The molecule has 114 valence electrons. The summed E-state index contributed by atoms with van der Waals surface area (Å²) in [5.74, 6) is 0.470. The van der Waals surface area contributed by atoms with Crippen LogP contribution in [0.4, 0.5) is 0 Å². The number of carbonyl (C=O) groups is 2. The fourth-order valence-corrected chi connectivity index (χ4v) is 3.21. The average molecular weight is 280 g/mol. The first-order chi connectivity index (χ1) is 9.39. The molecule has 0 saturated carbocycles. The van der Waals surface area contributed by atoms with Crippen molar-refractivity contribution in [3.05, 3.63) is 0 Å². The van der Waals surface area contributed by atoms with Crippen molar-refractivity contribution in [2.75, 3.05) is 26.2 Å². The third kappa shape index (κ3) is 3.53. The zero-order valence-corrected chi connectivity index (χ0v) is 13.2. The number of hydrogen-bond acceptors (Lipinski definition) is 2. The third-order valence-corrected chi connectivity index (χ3v) is 4.37. The van der Waals surface area contributed by atoms with E-state index in [4.69, 9.17) is 0 Å². The van der Waals surface area contributed by atoms with Crippen LogP contribution >= 0.6 is 0 Å². The molecule has 0 aromatic rings. The first-order valence-electron chi connectivity index (χ1n) is 7.98. The number of nitrogens with zero attached hydrogens (tertiary/aromatic N) is 2. The number of likely N-dealkylation sites (tertiary alicyclic amines) is 2. The van der Waals surface area contributed by atoms with Gasteiger partial charge in [0.25, 0.3) is 0 Å². The fourth-order valence-electron chi connectivity index (χ4n) is 3.21. The van der Waals surface area contributed by atoms with Crippen molar-refractivity contribution in [1.82, 2.24) is 9.80 Å². The van der Waals surface area contributed by atoms with Gasteiger partial charge in [-0.15, -0.1) is 0 Å². The molecule has 0 aromatic heterocycles. The Bertz CT molecular complexity index is 367. The van der Waals surface area contributed by atoms with Gasteiger partial charge in [-0.05, 0) is 32.1 Å². The Labute approximate surface area is 122 Å². The lowest BCUT2D eigenvalue weighted by Crippen LogP contribution is -2.50. The minimum absolute atomic E-state index is 0.0214. The second kappa shape index (κ2) is 6.15. The Kier molecular flexibility index (Phi) is 4.71. The Morgan fingerprint density at radius 2 is 1.50 bits per heavy atom. The van der Waals surface area contributed by atoms with Crippen molar-refractivity contribution in [1.29, 1.82) is 0 Å². The van der Waals surface area contributed by atoms with Crippen molar-refractivity contribution in [2.24, 2.45) is 11.3 Å². The van der Waals surface area contributed by atoms with Crippen LogP contribution in [-0.2, 0) is 9.59 Å². The molecule has 2 amide bonds. The summed E-state index contributed by atoms with van der Waals surface area (Å²) in [5, 5.41) is 0. The largest absolute Gasteiger partial charge is 0.342 e. The SMILES string of the molecule is CC(C)(C)C(=O)N1CCCC(C(=O)N2CCCCC2)C1. The molecule has 4 heteroatoms. The molecule has 0 bridgehead atoms. The maximum atomic E-state index is 12.6. The summed E-state index contributed by atoms with van der Waals surface area (Å²) < 4.78 is 0. The normalized spacial score (nSPS) is 24.6. The number of amides is 2. The van der Waals surface area contributed by atoms with Crippen molar-refractivity contribution < 1.29 is 9.59 Å². The van der Waals surface area contributed by atoms with Crippen LogP contribution in [-0.4, -0.2) is 47.8 Å². The van der Waals surface area contributed by atoms with Crippen molar-refractivity contribution in [3.63, 3.8) is 0 Å². The molecule has 1 atom stereocenters. The molecular formula is C16H28N2O2. The molecular weight excluding hydrogens is 252 g/mol. The van der Waals surface area contributed by atoms with Gasteiger partial charge in [0.1, 0.15) is 0 Å². The summed E-state index contributed by atoms with van der Waals surface area (Å²) in [6.07, 6.45) is 5.38. The minimum Gasteiger partial charge on any atom is -0.342 e. The zero-order valence-electron chi connectivity index (χ0n) is 13.2. The van der Waals surface area contributed by atoms with E-state index in [1.165, 1.54) is 6.42 Å². The summed E-state index contributed by atoms with van der Waals surface area (Å²) in [4.78, 5) is 28.8. The van der Waals surface area contributed by atoms with E-state index in [0.717, 1.165) is 45.3 Å². The van der Waals surface area contributed by atoms with Crippen LogP contribution in [0.2, 0.25) is 0 Å². The highest BCUT2D eigenvalue weighted by Crippen LogP contribution is 2.25. The summed E-state index contributed by atoms with van der Waals surface area (Å²) >= 11 is 0. The van der Waals surface area contributed by atoms with Gasteiger partial charge in [0.05, 0.1) is 5.92 Å². The highest BCUT2D eigenvalue weighted by atomic mass is 16.2. The predicted molar refractivity (Wildman–Crippen MR) is 79.2 cm³/mol. The highest BCUT2D eigenvalue weighted by Gasteiger charge is 2.35. The zero-order chi connectivity index (χ0) is 14.8. The van der Waals surface area contributed by atoms with Crippen molar-refractivity contribution in [3.8, 4) is 0 Å². The van der Waals surface area contributed by atoms with Crippen LogP contribution < -0.4 is 0 Å². The van der Waals surface area contributed by atoms with E-state index in [-0.39, 0.29) is 23.1 Å². The molecule has 2 aliphatic heterocycles. The Hall–Kier alpha value is -1.06. The molecule has 2 aliphatic rings. The van der Waals surface area contributed by atoms with Gasteiger partial charge in [0.15, 0.2) is 0 Å². The minimum atomic E-state index is -0.351. The topological polar surface area (TPSA) is 40.6 Å². The number of piperidine rings is 2.